The molecular formula is C18H19NO5. The Hall–Kier alpha value is -2.89. The van der Waals surface area contributed by atoms with Crippen LogP contribution in [0, 0.1) is 10.1 Å². The second-order valence-corrected chi connectivity index (χ2v) is 5.27. The number of ether oxygens (including phenoxy) is 2. The molecule has 6 nitrogen and oxygen atoms in total. The maximum Gasteiger partial charge on any atom is 0.269 e. The van der Waals surface area contributed by atoms with Gasteiger partial charge in [0.2, 0.25) is 0 Å². The van der Waals surface area contributed by atoms with E-state index in [9.17, 15) is 14.9 Å². The Morgan fingerprint density at radius 3 is 2.29 bits per heavy atom. The molecule has 0 aliphatic heterocycles. The van der Waals surface area contributed by atoms with Crippen molar-refractivity contribution in [3.63, 3.8) is 0 Å². The van der Waals surface area contributed by atoms with Crippen LogP contribution in [0.15, 0.2) is 42.5 Å². The van der Waals surface area contributed by atoms with Crippen molar-refractivity contribution in [3.8, 4) is 11.5 Å². The number of rotatable bonds is 8. The normalized spacial score (nSPS) is 10.2. The van der Waals surface area contributed by atoms with Crippen molar-refractivity contribution in [2.75, 3.05) is 14.2 Å². The first kappa shape index (κ1) is 17.5. The lowest BCUT2D eigenvalue weighted by Gasteiger charge is -2.09. The van der Waals surface area contributed by atoms with Crippen LogP contribution in [-0.4, -0.2) is 24.9 Å². The summed E-state index contributed by atoms with van der Waals surface area (Å²) in [5.41, 5.74) is 1.62. The average molecular weight is 329 g/mol. The molecule has 0 N–H and O–H groups in total. The zero-order valence-corrected chi connectivity index (χ0v) is 13.7. The molecule has 0 unspecified atom stereocenters. The first-order valence-corrected chi connectivity index (χ1v) is 7.53. The third-order valence-electron chi connectivity index (χ3n) is 3.72. The first-order chi connectivity index (χ1) is 11.5. The fraction of sp³-hybridized carbons (Fsp3) is 0.278. The molecule has 0 atom stereocenters. The van der Waals surface area contributed by atoms with Crippen LogP contribution in [0.4, 0.5) is 5.69 Å². The summed E-state index contributed by atoms with van der Waals surface area (Å²) in [4.78, 5) is 22.4. The molecule has 2 aromatic rings. The Morgan fingerprint density at radius 1 is 1.04 bits per heavy atom. The van der Waals surface area contributed by atoms with Gasteiger partial charge in [-0.2, -0.15) is 0 Å². The molecule has 0 aliphatic carbocycles. The SMILES string of the molecule is COc1ccc(C(=O)CCCc2ccc([N+](=O)[O-])cc2)cc1OC. The number of aryl methyl sites for hydroxylation is 1. The number of benzene rings is 2. The molecule has 0 heterocycles. The largest absolute Gasteiger partial charge is 0.493 e. The molecule has 0 spiro atoms. The lowest BCUT2D eigenvalue weighted by molar-refractivity contribution is -0.384. The lowest BCUT2D eigenvalue weighted by Crippen LogP contribution is -2.01. The van der Waals surface area contributed by atoms with E-state index in [0.717, 1.165) is 5.56 Å². The molecule has 0 fully saturated rings. The van der Waals surface area contributed by atoms with Crippen molar-refractivity contribution >= 4 is 11.5 Å². The van der Waals surface area contributed by atoms with Crippen LogP contribution in [0.25, 0.3) is 0 Å². The summed E-state index contributed by atoms with van der Waals surface area (Å²) in [7, 11) is 3.07. The highest BCUT2D eigenvalue weighted by Crippen LogP contribution is 2.28. The summed E-state index contributed by atoms with van der Waals surface area (Å²) in [5.74, 6) is 1.14. The molecule has 0 amide bonds. The number of nitrogens with zero attached hydrogens (tertiary/aromatic N) is 1. The zero-order valence-electron chi connectivity index (χ0n) is 13.7. The number of hydrogen-bond acceptors (Lipinski definition) is 5. The second kappa shape index (κ2) is 8.10. The quantitative estimate of drug-likeness (QED) is 0.418. The molecule has 2 aromatic carbocycles. The number of Topliss-reactive ketones (excluding diaryl/α,β-unsaturated/α-hetero) is 1. The molecule has 6 heteroatoms. The van der Waals surface area contributed by atoms with Gasteiger partial charge >= 0.3 is 0 Å². The fourth-order valence-corrected chi connectivity index (χ4v) is 2.39. The van der Waals surface area contributed by atoms with Gasteiger partial charge < -0.3 is 9.47 Å². The monoisotopic (exact) mass is 329 g/mol. The van der Waals surface area contributed by atoms with E-state index < -0.39 is 4.92 Å². The van der Waals surface area contributed by atoms with Crippen molar-refractivity contribution < 1.29 is 19.2 Å². The number of non-ortho nitro benzene ring substituents is 1. The molecule has 0 bridgehead atoms. The molecule has 0 saturated heterocycles. The van der Waals surface area contributed by atoms with Crippen molar-refractivity contribution in [2.45, 2.75) is 19.3 Å². The van der Waals surface area contributed by atoms with E-state index in [1.54, 1.807) is 37.4 Å². The Labute approximate surface area is 140 Å². The Bertz CT molecular complexity index is 725. The molecule has 0 radical (unpaired) electrons. The number of hydrogen-bond donors (Lipinski definition) is 0. The number of carbonyl (C=O) groups is 1. The van der Waals surface area contributed by atoms with Gasteiger partial charge in [-0.1, -0.05) is 12.1 Å². The molecule has 126 valence electrons. The minimum atomic E-state index is -0.426. The van der Waals surface area contributed by atoms with E-state index in [2.05, 4.69) is 0 Å². The molecule has 0 aromatic heterocycles. The fourth-order valence-electron chi connectivity index (χ4n) is 2.39. The predicted octanol–water partition coefficient (Wildman–Crippen LogP) is 3.82. The third-order valence-corrected chi connectivity index (χ3v) is 3.72. The Morgan fingerprint density at radius 2 is 1.71 bits per heavy atom. The summed E-state index contributed by atoms with van der Waals surface area (Å²) in [6.45, 7) is 0. The second-order valence-electron chi connectivity index (χ2n) is 5.27. The third kappa shape index (κ3) is 4.32. The summed E-state index contributed by atoms with van der Waals surface area (Å²) in [6, 6.07) is 11.5. The Kier molecular flexibility index (Phi) is 5.89. The molecular weight excluding hydrogens is 310 g/mol. The van der Waals surface area contributed by atoms with Gasteiger partial charge in [-0.3, -0.25) is 14.9 Å². The van der Waals surface area contributed by atoms with Crippen LogP contribution < -0.4 is 9.47 Å². The average Bonchev–Trinajstić information content (AvgIpc) is 2.61. The van der Waals surface area contributed by atoms with Crippen LogP contribution in [0.1, 0.15) is 28.8 Å². The van der Waals surface area contributed by atoms with E-state index in [4.69, 9.17) is 9.47 Å². The van der Waals surface area contributed by atoms with Crippen molar-refractivity contribution in [1.29, 1.82) is 0 Å². The molecule has 0 saturated carbocycles. The maximum absolute atomic E-state index is 12.3. The number of carbonyl (C=O) groups excluding carboxylic acids is 1. The highest BCUT2D eigenvalue weighted by molar-refractivity contribution is 5.96. The zero-order chi connectivity index (χ0) is 17.5. The number of ketones is 1. The van der Waals surface area contributed by atoms with E-state index >= 15 is 0 Å². The van der Waals surface area contributed by atoms with E-state index in [1.807, 2.05) is 0 Å². The number of nitro groups is 1. The van der Waals surface area contributed by atoms with Gasteiger partial charge in [0, 0.05) is 24.1 Å². The van der Waals surface area contributed by atoms with E-state index in [-0.39, 0.29) is 11.5 Å². The van der Waals surface area contributed by atoms with Gasteiger partial charge in [0.15, 0.2) is 17.3 Å². The predicted molar refractivity (Wildman–Crippen MR) is 89.9 cm³/mol. The summed E-state index contributed by atoms with van der Waals surface area (Å²) in [6.07, 6.45) is 1.76. The lowest BCUT2D eigenvalue weighted by atomic mass is 10.0. The summed E-state index contributed by atoms with van der Waals surface area (Å²) in [5, 5.41) is 10.6. The smallest absolute Gasteiger partial charge is 0.269 e. The maximum atomic E-state index is 12.3. The summed E-state index contributed by atoms with van der Waals surface area (Å²) < 4.78 is 10.4. The standard InChI is InChI=1S/C18H19NO5/c1-23-17-11-8-14(12-18(17)24-2)16(20)5-3-4-13-6-9-15(10-7-13)19(21)22/h6-12H,3-5H2,1-2H3. The van der Waals surface area contributed by atoms with Crippen molar-refractivity contribution in [3.05, 3.63) is 63.7 Å². The van der Waals surface area contributed by atoms with E-state index in [0.29, 0.717) is 36.3 Å². The Balaban J connectivity index is 1.92. The summed E-state index contributed by atoms with van der Waals surface area (Å²) >= 11 is 0. The highest BCUT2D eigenvalue weighted by atomic mass is 16.6. The van der Waals surface area contributed by atoms with Crippen molar-refractivity contribution in [1.82, 2.24) is 0 Å². The van der Waals surface area contributed by atoms with Crippen LogP contribution in [0.5, 0.6) is 11.5 Å². The minimum absolute atomic E-state index is 0.0258. The van der Waals surface area contributed by atoms with Crippen molar-refractivity contribution in [2.24, 2.45) is 0 Å². The van der Waals surface area contributed by atoms with Crippen LogP contribution >= 0.6 is 0 Å². The highest BCUT2D eigenvalue weighted by Gasteiger charge is 2.11. The van der Waals surface area contributed by atoms with Crippen LogP contribution in [0.2, 0.25) is 0 Å². The number of methoxy groups -OCH3 is 2. The van der Waals surface area contributed by atoms with Gasteiger partial charge in [0.25, 0.3) is 5.69 Å². The van der Waals surface area contributed by atoms with Gasteiger partial charge in [-0.05, 0) is 36.6 Å². The minimum Gasteiger partial charge on any atom is -0.493 e. The van der Waals surface area contributed by atoms with Gasteiger partial charge in [-0.25, -0.2) is 0 Å². The van der Waals surface area contributed by atoms with Gasteiger partial charge in [0.05, 0.1) is 19.1 Å². The molecule has 2 rings (SSSR count). The molecule has 24 heavy (non-hydrogen) atoms. The van der Waals surface area contributed by atoms with Crippen LogP contribution in [0.3, 0.4) is 0 Å². The number of nitro benzene ring substituents is 1. The van der Waals surface area contributed by atoms with E-state index in [1.165, 1.54) is 19.2 Å². The topological polar surface area (TPSA) is 78.7 Å². The van der Waals surface area contributed by atoms with Gasteiger partial charge in [0.1, 0.15) is 0 Å². The van der Waals surface area contributed by atoms with Crippen LogP contribution in [-0.2, 0) is 6.42 Å². The first-order valence-electron chi connectivity index (χ1n) is 7.53. The van der Waals surface area contributed by atoms with Gasteiger partial charge in [-0.15, -0.1) is 0 Å². The molecule has 0 aliphatic rings.